The minimum absolute atomic E-state index is 0.00656. The van der Waals surface area contributed by atoms with Gasteiger partial charge in [0.05, 0.1) is 6.10 Å². The molecule has 152 valence electrons. The van der Waals surface area contributed by atoms with E-state index in [2.05, 4.69) is 5.32 Å². The zero-order valence-electron chi connectivity index (χ0n) is 16.3. The number of phenolic OH excluding ortho intramolecular Hbond substituents is 1. The number of ketones is 1. The average molecular weight is 389 g/mol. The molecule has 0 saturated heterocycles. The van der Waals surface area contributed by atoms with E-state index < -0.39 is 30.1 Å². The molecule has 7 nitrogen and oxygen atoms in total. The first-order valence-electron chi connectivity index (χ1n) is 9.31. The third-order valence-electron chi connectivity index (χ3n) is 4.66. The quantitative estimate of drug-likeness (QED) is 0.573. The predicted octanol–water partition coefficient (Wildman–Crippen LogP) is 2.27. The summed E-state index contributed by atoms with van der Waals surface area (Å²) in [5, 5.41) is 33.5. The summed E-state index contributed by atoms with van der Waals surface area (Å²) >= 11 is 0. The molecule has 1 aromatic carbocycles. The number of hydrogen-bond donors (Lipinski definition) is 4. The van der Waals surface area contributed by atoms with Crippen molar-refractivity contribution in [1.29, 1.82) is 0 Å². The molecular formula is C21H27NO6. The van der Waals surface area contributed by atoms with Crippen molar-refractivity contribution in [2.75, 3.05) is 11.9 Å². The molecule has 1 heterocycles. The van der Waals surface area contributed by atoms with Gasteiger partial charge in [-0.15, -0.1) is 0 Å². The van der Waals surface area contributed by atoms with Crippen LogP contribution in [0.4, 0.5) is 5.69 Å². The third kappa shape index (κ3) is 5.21. The van der Waals surface area contributed by atoms with Crippen molar-refractivity contribution in [2.24, 2.45) is 5.92 Å². The van der Waals surface area contributed by atoms with Crippen LogP contribution in [-0.2, 0) is 9.53 Å². The van der Waals surface area contributed by atoms with Gasteiger partial charge in [-0.3, -0.25) is 4.79 Å². The number of rotatable bonds is 2. The molecule has 0 spiro atoms. The Hall–Kier alpha value is -2.64. The van der Waals surface area contributed by atoms with Gasteiger partial charge in [-0.25, -0.2) is 4.79 Å². The Labute approximate surface area is 164 Å². The van der Waals surface area contributed by atoms with E-state index in [-0.39, 0.29) is 23.7 Å². The van der Waals surface area contributed by atoms with Gasteiger partial charge < -0.3 is 25.4 Å². The molecule has 4 atom stereocenters. The number of aliphatic hydroxyl groups excluding tert-OH is 2. The second kappa shape index (κ2) is 9.52. The molecule has 0 unspecified atom stereocenters. The van der Waals surface area contributed by atoms with Crippen molar-refractivity contribution in [3.63, 3.8) is 0 Å². The van der Waals surface area contributed by atoms with Crippen LogP contribution in [0.1, 0.15) is 43.1 Å². The van der Waals surface area contributed by atoms with E-state index in [4.69, 9.17) is 4.74 Å². The van der Waals surface area contributed by atoms with E-state index >= 15 is 0 Å². The Morgan fingerprint density at radius 1 is 1.18 bits per heavy atom. The van der Waals surface area contributed by atoms with E-state index in [0.29, 0.717) is 17.8 Å². The molecule has 0 bridgehead atoms. The standard InChI is InChI=1S/C21H27NO6/c1-4-22-15-10-14-6-5-7-16(23)20(26)17(24)9-8-12(2)13(3)28-21(27)19(14)18(25)11-15/h5-6,8-13,16,20,22-23,25-26H,4,7H2,1-3H3/b6-5+,9-8+/t12-,13+,16+,20-/m1/s1. The number of carbonyl (C=O) groups is 2. The number of phenols is 1. The summed E-state index contributed by atoms with van der Waals surface area (Å²) in [6.07, 6.45) is 2.37. The molecule has 0 aromatic heterocycles. The largest absolute Gasteiger partial charge is 0.507 e. The van der Waals surface area contributed by atoms with Gasteiger partial charge in [0.1, 0.15) is 23.5 Å². The molecule has 0 fully saturated rings. The monoisotopic (exact) mass is 389 g/mol. The van der Waals surface area contributed by atoms with E-state index in [0.717, 1.165) is 0 Å². The van der Waals surface area contributed by atoms with Crippen molar-refractivity contribution in [3.8, 4) is 5.75 Å². The number of hydrogen-bond acceptors (Lipinski definition) is 7. The highest BCUT2D eigenvalue weighted by Crippen LogP contribution is 2.29. The van der Waals surface area contributed by atoms with Crippen LogP contribution in [0.25, 0.3) is 6.08 Å². The van der Waals surface area contributed by atoms with Crippen LogP contribution in [0.15, 0.2) is 30.4 Å². The number of aliphatic hydroxyl groups is 2. The maximum atomic E-state index is 12.7. The molecule has 0 saturated carbocycles. The van der Waals surface area contributed by atoms with Gasteiger partial charge in [0, 0.05) is 24.2 Å². The summed E-state index contributed by atoms with van der Waals surface area (Å²) in [4.78, 5) is 24.7. The normalized spacial score (nSPS) is 28.6. The van der Waals surface area contributed by atoms with Crippen LogP contribution in [0.5, 0.6) is 5.75 Å². The van der Waals surface area contributed by atoms with Gasteiger partial charge in [-0.2, -0.15) is 0 Å². The predicted molar refractivity (Wildman–Crippen MR) is 106 cm³/mol. The average Bonchev–Trinajstić information content (AvgIpc) is 2.64. The number of fused-ring (bicyclic) bond motifs is 1. The maximum absolute atomic E-state index is 12.7. The van der Waals surface area contributed by atoms with E-state index in [1.54, 1.807) is 26.0 Å². The highest BCUT2D eigenvalue weighted by molar-refractivity contribution is 5.97. The Kier molecular flexibility index (Phi) is 7.37. The summed E-state index contributed by atoms with van der Waals surface area (Å²) in [7, 11) is 0. The van der Waals surface area contributed by atoms with Crippen molar-refractivity contribution in [3.05, 3.63) is 41.5 Å². The Morgan fingerprint density at radius 2 is 1.89 bits per heavy atom. The third-order valence-corrected chi connectivity index (χ3v) is 4.66. The van der Waals surface area contributed by atoms with Gasteiger partial charge in [0.25, 0.3) is 0 Å². The highest BCUT2D eigenvalue weighted by Gasteiger charge is 2.25. The molecule has 1 aromatic rings. The first-order valence-corrected chi connectivity index (χ1v) is 9.31. The molecule has 7 heteroatoms. The number of aromatic hydroxyl groups is 1. The van der Waals surface area contributed by atoms with Crippen LogP contribution in [0.3, 0.4) is 0 Å². The van der Waals surface area contributed by atoms with Crippen LogP contribution >= 0.6 is 0 Å². The number of carbonyl (C=O) groups excluding carboxylic acids is 2. The molecule has 0 amide bonds. The molecule has 4 N–H and O–H groups in total. The van der Waals surface area contributed by atoms with Crippen molar-refractivity contribution in [1.82, 2.24) is 0 Å². The first-order chi connectivity index (χ1) is 13.2. The number of nitrogens with one attached hydrogen (secondary N) is 1. The number of benzene rings is 1. The summed E-state index contributed by atoms with van der Waals surface area (Å²) < 4.78 is 5.47. The lowest BCUT2D eigenvalue weighted by Crippen LogP contribution is -2.32. The van der Waals surface area contributed by atoms with Crippen molar-refractivity contribution >= 4 is 23.5 Å². The number of cyclic esters (lactones) is 1. The molecule has 1 aliphatic rings. The summed E-state index contributed by atoms with van der Waals surface area (Å²) in [5.41, 5.74) is 1.04. The lowest BCUT2D eigenvalue weighted by molar-refractivity contribution is -0.127. The number of anilines is 1. The highest BCUT2D eigenvalue weighted by atomic mass is 16.5. The van der Waals surface area contributed by atoms with Crippen LogP contribution < -0.4 is 5.32 Å². The second-order valence-electron chi connectivity index (χ2n) is 6.87. The van der Waals surface area contributed by atoms with E-state index in [1.807, 2.05) is 6.92 Å². The minimum Gasteiger partial charge on any atom is -0.507 e. The first kappa shape index (κ1) is 21.7. The fourth-order valence-corrected chi connectivity index (χ4v) is 2.80. The van der Waals surface area contributed by atoms with E-state index in [9.17, 15) is 24.9 Å². The Bertz CT molecular complexity index is 785. The molecule has 0 aliphatic carbocycles. The van der Waals surface area contributed by atoms with Gasteiger partial charge >= 0.3 is 5.97 Å². The van der Waals surface area contributed by atoms with E-state index in [1.165, 1.54) is 24.3 Å². The molecule has 0 radical (unpaired) electrons. The van der Waals surface area contributed by atoms with Crippen LogP contribution in [-0.4, -0.2) is 51.9 Å². The number of ether oxygens (including phenoxy) is 1. The van der Waals surface area contributed by atoms with Gasteiger partial charge in [-0.05, 0) is 38.0 Å². The van der Waals surface area contributed by atoms with Gasteiger partial charge in [0.2, 0.25) is 0 Å². The fourth-order valence-electron chi connectivity index (χ4n) is 2.80. The minimum atomic E-state index is -1.55. The Balaban J connectivity index is 2.50. The van der Waals surface area contributed by atoms with Crippen molar-refractivity contribution in [2.45, 2.75) is 45.5 Å². The lowest BCUT2D eigenvalue weighted by atomic mass is 9.99. The smallest absolute Gasteiger partial charge is 0.342 e. The number of esters is 1. The fraction of sp³-hybridized carbons (Fsp3) is 0.429. The summed E-state index contributed by atoms with van der Waals surface area (Å²) in [6.45, 7) is 5.96. The van der Waals surface area contributed by atoms with Gasteiger partial charge in [0.15, 0.2) is 5.78 Å². The molecule has 2 rings (SSSR count). The summed E-state index contributed by atoms with van der Waals surface area (Å²) in [6, 6.07) is 3.13. The lowest BCUT2D eigenvalue weighted by Gasteiger charge is -2.20. The van der Waals surface area contributed by atoms with Gasteiger partial charge in [-0.1, -0.05) is 25.2 Å². The second-order valence-corrected chi connectivity index (χ2v) is 6.87. The topological polar surface area (TPSA) is 116 Å². The van der Waals surface area contributed by atoms with Crippen LogP contribution in [0.2, 0.25) is 0 Å². The zero-order valence-corrected chi connectivity index (χ0v) is 16.3. The Morgan fingerprint density at radius 3 is 2.57 bits per heavy atom. The molecule has 28 heavy (non-hydrogen) atoms. The SMILES string of the molecule is CCNc1cc(O)c2c(c1)/C=C/C[C@H](O)[C@@H](O)C(=O)/C=C/[C@@H](C)[C@H](C)OC2=O. The zero-order chi connectivity index (χ0) is 20.8. The molecular weight excluding hydrogens is 362 g/mol. The van der Waals surface area contributed by atoms with Crippen molar-refractivity contribution < 1.29 is 29.6 Å². The van der Waals surface area contributed by atoms with Crippen LogP contribution in [0, 0.1) is 5.92 Å². The maximum Gasteiger partial charge on any atom is 0.342 e. The molecule has 1 aliphatic heterocycles. The summed E-state index contributed by atoms with van der Waals surface area (Å²) in [5.74, 6) is -1.84.